The SMILES string of the molecule is COc1cc(C[Si](OC)(OC)OC)cc(C)c1OC. The second kappa shape index (κ2) is 6.90. The highest BCUT2D eigenvalue weighted by Gasteiger charge is 2.38. The van der Waals surface area contributed by atoms with Gasteiger partial charge in [0.2, 0.25) is 0 Å². The molecule has 0 N–H and O–H groups in total. The lowest BCUT2D eigenvalue weighted by Crippen LogP contribution is -2.45. The molecule has 0 radical (unpaired) electrons. The topological polar surface area (TPSA) is 46.2 Å². The van der Waals surface area contributed by atoms with Crippen molar-refractivity contribution >= 4 is 8.80 Å². The normalized spacial score (nSPS) is 11.5. The molecule has 1 aromatic carbocycles. The van der Waals surface area contributed by atoms with Gasteiger partial charge in [0.25, 0.3) is 0 Å². The molecule has 0 spiro atoms. The maximum Gasteiger partial charge on any atom is 0.504 e. The molecule has 0 bridgehead atoms. The van der Waals surface area contributed by atoms with Gasteiger partial charge in [-0.05, 0) is 24.1 Å². The van der Waals surface area contributed by atoms with E-state index in [4.69, 9.17) is 22.8 Å². The van der Waals surface area contributed by atoms with E-state index in [1.54, 1.807) is 35.5 Å². The average Bonchev–Trinajstić information content (AvgIpc) is 2.44. The lowest BCUT2D eigenvalue weighted by Gasteiger charge is -2.25. The highest BCUT2D eigenvalue weighted by atomic mass is 28.4. The predicted molar refractivity (Wildman–Crippen MR) is 74.8 cm³/mol. The molecule has 0 aliphatic rings. The summed E-state index contributed by atoms with van der Waals surface area (Å²) in [4.78, 5) is 0. The Bertz CT molecular complexity index is 409. The minimum atomic E-state index is -2.64. The van der Waals surface area contributed by atoms with Crippen LogP contribution >= 0.6 is 0 Å². The predicted octanol–water partition coefficient (Wildman–Crippen LogP) is 1.97. The number of rotatable bonds is 7. The highest BCUT2D eigenvalue weighted by molar-refractivity contribution is 6.60. The summed E-state index contributed by atoms with van der Waals surface area (Å²) in [7, 11) is 5.42. The summed E-state index contributed by atoms with van der Waals surface area (Å²) in [6.45, 7) is 1.97. The van der Waals surface area contributed by atoms with Crippen molar-refractivity contribution in [2.75, 3.05) is 35.5 Å². The number of benzene rings is 1. The average molecular weight is 286 g/mol. The van der Waals surface area contributed by atoms with E-state index in [-0.39, 0.29) is 0 Å². The molecule has 19 heavy (non-hydrogen) atoms. The Balaban J connectivity index is 3.12. The van der Waals surface area contributed by atoms with E-state index in [0.29, 0.717) is 11.8 Å². The van der Waals surface area contributed by atoms with Crippen LogP contribution < -0.4 is 9.47 Å². The van der Waals surface area contributed by atoms with E-state index in [1.165, 1.54) is 0 Å². The van der Waals surface area contributed by atoms with Gasteiger partial charge in [-0.15, -0.1) is 0 Å². The quantitative estimate of drug-likeness (QED) is 0.717. The molecule has 0 saturated carbocycles. The van der Waals surface area contributed by atoms with Crippen LogP contribution in [0.15, 0.2) is 12.1 Å². The third-order valence-corrected chi connectivity index (χ3v) is 5.79. The van der Waals surface area contributed by atoms with Crippen LogP contribution in [0.2, 0.25) is 0 Å². The molecule has 0 atom stereocenters. The fourth-order valence-electron chi connectivity index (χ4n) is 2.05. The first-order valence-electron chi connectivity index (χ1n) is 5.92. The fraction of sp³-hybridized carbons (Fsp3) is 0.538. The zero-order chi connectivity index (χ0) is 14.5. The third-order valence-electron chi connectivity index (χ3n) is 3.08. The molecule has 1 rings (SSSR count). The maximum absolute atomic E-state index is 5.43. The molecular weight excluding hydrogens is 264 g/mol. The first kappa shape index (κ1) is 16.0. The smallest absolute Gasteiger partial charge is 0.493 e. The van der Waals surface area contributed by atoms with E-state index in [9.17, 15) is 0 Å². The Kier molecular flexibility index (Phi) is 5.80. The summed E-state index contributed by atoms with van der Waals surface area (Å²) >= 11 is 0. The Hall–Kier alpha value is -1.08. The molecule has 5 nitrogen and oxygen atoms in total. The zero-order valence-corrected chi connectivity index (χ0v) is 13.4. The van der Waals surface area contributed by atoms with E-state index in [1.807, 2.05) is 19.1 Å². The molecule has 0 unspecified atom stereocenters. The van der Waals surface area contributed by atoms with Gasteiger partial charge < -0.3 is 22.8 Å². The van der Waals surface area contributed by atoms with Crippen LogP contribution in [-0.4, -0.2) is 44.4 Å². The summed E-state index contributed by atoms with van der Waals surface area (Å²) < 4.78 is 27.0. The van der Waals surface area contributed by atoms with Crippen molar-refractivity contribution in [3.63, 3.8) is 0 Å². The van der Waals surface area contributed by atoms with Crippen molar-refractivity contribution in [1.29, 1.82) is 0 Å². The molecule has 0 saturated heterocycles. The van der Waals surface area contributed by atoms with Gasteiger partial charge >= 0.3 is 8.80 Å². The zero-order valence-electron chi connectivity index (χ0n) is 12.4. The summed E-state index contributed by atoms with van der Waals surface area (Å²) in [6.07, 6.45) is 0. The second-order valence-electron chi connectivity index (χ2n) is 4.12. The van der Waals surface area contributed by atoms with Gasteiger partial charge in [-0.1, -0.05) is 6.07 Å². The van der Waals surface area contributed by atoms with E-state index in [2.05, 4.69) is 0 Å². The van der Waals surface area contributed by atoms with Crippen molar-refractivity contribution in [3.8, 4) is 11.5 Å². The molecular formula is C13H22O5Si. The van der Waals surface area contributed by atoms with E-state index in [0.717, 1.165) is 16.9 Å². The lowest BCUT2D eigenvalue weighted by molar-refractivity contribution is 0.122. The Morgan fingerprint density at radius 1 is 0.895 bits per heavy atom. The minimum absolute atomic E-state index is 0.581. The second-order valence-corrected chi connectivity index (χ2v) is 7.06. The summed E-state index contributed by atoms with van der Waals surface area (Å²) in [6, 6.07) is 4.53. The minimum Gasteiger partial charge on any atom is -0.493 e. The molecule has 0 aromatic heterocycles. The van der Waals surface area contributed by atoms with Crippen LogP contribution in [0.4, 0.5) is 0 Å². The van der Waals surface area contributed by atoms with Gasteiger partial charge in [0.1, 0.15) is 0 Å². The Labute approximate surface area is 115 Å². The van der Waals surface area contributed by atoms with Gasteiger partial charge in [-0.2, -0.15) is 0 Å². The van der Waals surface area contributed by atoms with Crippen molar-refractivity contribution in [1.82, 2.24) is 0 Å². The standard InChI is InChI=1S/C13H22O5Si/c1-10-7-11(8-12(14-2)13(10)15-3)9-19(16-4,17-5)18-6/h7-8H,9H2,1-6H3. The fourth-order valence-corrected chi connectivity index (χ4v) is 3.68. The first-order valence-corrected chi connectivity index (χ1v) is 7.86. The molecule has 0 aliphatic heterocycles. The summed E-state index contributed by atoms with van der Waals surface area (Å²) in [5, 5.41) is 0. The monoisotopic (exact) mass is 286 g/mol. The molecule has 6 heteroatoms. The van der Waals surface area contributed by atoms with Gasteiger partial charge in [0.05, 0.1) is 14.2 Å². The van der Waals surface area contributed by atoms with Crippen molar-refractivity contribution < 1.29 is 22.8 Å². The molecule has 0 amide bonds. The molecule has 0 fully saturated rings. The van der Waals surface area contributed by atoms with Crippen LogP contribution in [0.5, 0.6) is 11.5 Å². The molecule has 0 aliphatic carbocycles. The van der Waals surface area contributed by atoms with Gasteiger partial charge in [0, 0.05) is 27.4 Å². The Morgan fingerprint density at radius 3 is 1.89 bits per heavy atom. The first-order chi connectivity index (χ1) is 9.05. The van der Waals surface area contributed by atoms with Crippen LogP contribution in [-0.2, 0) is 19.3 Å². The van der Waals surface area contributed by atoms with Gasteiger partial charge in [-0.25, -0.2) is 0 Å². The Morgan fingerprint density at radius 2 is 1.47 bits per heavy atom. The van der Waals surface area contributed by atoms with Crippen molar-refractivity contribution in [2.45, 2.75) is 13.0 Å². The third kappa shape index (κ3) is 3.47. The summed E-state index contributed by atoms with van der Waals surface area (Å²) in [5.41, 5.74) is 2.04. The van der Waals surface area contributed by atoms with E-state index >= 15 is 0 Å². The van der Waals surface area contributed by atoms with Crippen LogP contribution in [0.25, 0.3) is 0 Å². The molecule has 0 heterocycles. The maximum atomic E-state index is 5.43. The van der Waals surface area contributed by atoms with Crippen LogP contribution in [0.3, 0.4) is 0 Å². The summed E-state index contributed by atoms with van der Waals surface area (Å²) in [5.74, 6) is 1.44. The van der Waals surface area contributed by atoms with Crippen molar-refractivity contribution in [2.24, 2.45) is 0 Å². The lowest BCUT2D eigenvalue weighted by atomic mass is 10.1. The largest absolute Gasteiger partial charge is 0.504 e. The van der Waals surface area contributed by atoms with Crippen LogP contribution in [0, 0.1) is 6.92 Å². The van der Waals surface area contributed by atoms with E-state index < -0.39 is 8.80 Å². The van der Waals surface area contributed by atoms with Gasteiger partial charge in [-0.3, -0.25) is 0 Å². The molecule has 1 aromatic rings. The van der Waals surface area contributed by atoms with Crippen molar-refractivity contribution in [3.05, 3.63) is 23.3 Å². The number of ether oxygens (including phenoxy) is 2. The number of methoxy groups -OCH3 is 2. The van der Waals surface area contributed by atoms with Crippen LogP contribution in [0.1, 0.15) is 11.1 Å². The number of aryl methyl sites for hydroxylation is 1. The number of hydrogen-bond acceptors (Lipinski definition) is 5. The molecule has 108 valence electrons. The van der Waals surface area contributed by atoms with Gasteiger partial charge in [0.15, 0.2) is 11.5 Å². The number of hydrogen-bond donors (Lipinski definition) is 0. The highest BCUT2D eigenvalue weighted by Crippen LogP contribution is 2.33.